The largest absolute Gasteiger partial charge is 0.464 e. The van der Waals surface area contributed by atoms with Crippen LogP contribution in [0.4, 0.5) is 0 Å². The van der Waals surface area contributed by atoms with E-state index in [1.54, 1.807) is 13.0 Å². The molecule has 2 rings (SSSR count). The van der Waals surface area contributed by atoms with Gasteiger partial charge in [0.1, 0.15) is 11.5 Å². The summed E-state index contributed by atoms with van der Waals surface area (Å²) in [6.07, 6.45) is 4.95. The average molecular weight is 265 g/mol. The molecule has 19 heavy (non-hydrogen) atoms. The van der Waals surface area contributed by atoms with Gasteiger partial charge in [-0.1, -0.05) is 13.3 Å². The van der Waals surface area contributed by atoms with Crippen molar-refractivity contribution in [3.05, 3.63) is 23.2 Å². The van der Waals surface area contributed by atoms with Crippen molar-refractivity contribution in [1.82, 2.24) is 10.3 Å². The molecule has 5 heteroatoms. The van der Waals surface area contributed by atoms with E-state index in [2.05, 4.69) is 17.2 Å². The highest BCUT2D eigenvalue weighted by molar-refractivity contribution is 5.94. The lowest BCUT2D eigenvalue weighted by molar-refractivity contribution is 0.0952. The minimum Gasteiger partial charge on any atom is -0.464 e. The third kappa shape index (κ3) is 3.58. The molecule has 1 heterocycles. The molecule has 1 amide bonds. The first-order valence-electron chi connectivity index (χ1n) is 7.00. The Bertz CT molecular complexity index is 438. The number of hydrogen-bond acceptors (Lipinski definition) is 4. The number of aryl methyl sites for hydroxylation is 1. The van der Waals surface area contributed by atoms with Crippen molar-refractivity contribution in [2.75, 3.05) is 6.54 Å². The maximum Gasteiger partial charge on any atom is 0.268 e. The molecular weight excluding hydrogens is 242 g/mol. The van der Waals surface area contributed by atoms with Crippen LogP contribution in [0, 0.1) is 6.92 Å². The van der Waals surface area contributed by atoms with Crippen molar-refractivity contribution in [2.45, 2.75) is 52.1 Å². The van der Waals surface area contributed by atoms with E-state index in [1.807, 2.05) is 0 Å². The van der Waals surface area contributed by atoms with Crippen LogP contribution in [0.2, 0.25) is 0 Å². The van der Waals surface area contributed by atoms with Crippen LogP contribution in [0.3, 0.4) is 0 Å². The molecule has 1 aliphatic rings. The van der Waals surface area contributed by atoms with Gasteiger partial charge in [0.05, 0.1) is 12.1 Å². The van der Waals surface area contributed by atoms with Gasteiger partial charge in [0.2, 0.25) is 0 Å². The van der Waals surface area contributed by atoms with Crippen molar-refractivity contribution >= 4 is 5.91 Å². The Labute approximate surface area is 114 Å². The van der Waals surface area contributed by atoms with Gasteiger partial charge < -0.3 is 4.42 Å². The monoisotopic (exact) mass is 265 g/mol. The van der Waals surface area contributed by atoms with Gasteiger partial charge in [0.25, 0.3) is 5.91 Å². The highest BCUT2D eigenvalue weighted by atomic mass is 16.3. The third-order valence-electron chi connectivity index (χ3n) is 3.57. The van der Waals surface area contributed by atoms with Crippen LogP contribution in [-0.4, -0.2) is 23.4 Å². The fourth-order valence-electron chi connectivity index (χ4n) is 2.32. The molecule has 1 aromatic rings. The number of carbonyl (C=O) groups is 1. The van der Waals surface area contributed by atoms with Crippen molar-refractivity contribution < 1.29 is 9.21 Å². The van der Waals surface area contributed by atoms with E-state index in [1.165, 1.54) is 25.7 Å². The quantitative estimate of drug-likeness (QED) is 0.449. The number of hydrazine groups is 1. The fourth-order valence-corrected chi connectivity index (χ4v) is 2.32. The molecule has 1 saturated carbocycles. The summed E-state index contributed by atoms with van der Waals surface area (Å²) in [7, 11) is 0. The number of amides is 1. The van der Waals surface area contributed by atoms with Gasteiger partial charge in [-0.15, -0.1) is 0 Å². The second kappa shape index (κ2) is 6.21. The van der Waals surface area contributed by atoms with Gasteiger partial charge in [-0.2, -0.15) is 0 Å². The number of unbranched alkanes of at least 4 members (excludes halogenated alkanes) is 1. The predicted octanol–water partition coefficient (Wildman–Crippen LogP) is 1.96. The summed E-state index contributed by atoms with van der Waals surface area (Å²) >= 11 is 0. The molecule has 0 spiro atoms. The van der Waals surface area contributed by atoms with Gasteiger partial charge in [0.15, 0.2) is 0 Å². The van der Waals surface area contributed by atoms with Crippen LogP contribution < -0.4 is 11.3 Å². The summed E-state index contributed by atoms with van der Waals surface area (Å²) in [6.45, 7) is 5.87. The number of carbonyl (C=O) groups excluding carboxylic acids is 1. The first-order chi connectivity index (χ1) is 9.15. The van der Waals surface area contributed by atoms with Crippen LogP contribution in [0.5, 0.6) is 0 Å². The van der Waals surface area contributed by atoms with E-state index in [4.69, 9.17) is 10.3 Å². The van der Waals surface area contributed by atoms with E-state index in [0.29, 0.717) is 17.4 Å². The number of nitrogens with two attached hydrogens (primary N) is 1. The minimum absolute atomic E-state index is 0.293. The van der Waals surface area contributed by atoms with Gasteiger partial charge in [-0.3, -0.25) is 15.1 Å². The van der Waals surface area contributed by atoms with E-state index < -0.39 is 0 Å². The smallest absolute Gasteiger partial charge is 0.268 e. The minimum atomic E-state index is -0.293. The maximum absolute atomic E-state index is 11.5. The van der Waals surface area contributed by atoms with Crippen LogP contribution >= 0.6 is 0 Å². The van der Waals surface area contributed by atoms with Crippen molar-refractivity contribution in [3.8, 4) is 0 Å². The van der Waals surface area contributed by atoms with Crippen LogP contribution in [0.25, 0.3) is 0 Å². The zero-order valence-electron chi connectivity index (χ0n) is 11.7. The predicted molar refractivity (Wildman–Crippen MR) is 73.4 cm³/mol. The normalized spacial score (nSPS) is 14.9. The van der Waals surface area contributed by atoms with E-state index >= 15 is 0 Å². The summed E-state index contributed by atoms with van der Waals surface area (Å²) in [5.74, 6) is 6.34. The van der Waals surface area contributed by atoms with E-state index in [9.17, 15) is 4.79 Å². The Morgan fingerprint density at radius 1 is 1.58 bits per heavy atom. The molecule has 1 aliphatic carbocycles. The third-order valence-corrected chi connectivity index (χ3v) is 3.57. The summed E-state index contributed by atoms with van der Waals surface area (Å²) in [5, 5.41) is 0. The number of nitrogens with one attached hydrogen (secondary N) is 1. The summed E-state index contributed by atoms with van der Waals surface area (Å²) in [6, 6.07) is 2.50. The van der Waals surface area contributed by atoms with Crippen LogP contribution in [-0.2, 0) is 6.54 Å². The standard InChI is InChI=1S/C14H23N3O2/c1-3-4-7-17(11-5-6-11)9-12-8-13(10(2)19-12)14(18)16-15/h8,11H,3-7,9,15H2,1-2H3,(H,16,18). The Morgan fingerprint density at radius 2 is 2.32 bits per heavy atom. The second-order valence-corrected chi connectivity index (χ2v) is 5.21. The molecule has 0 saturated heterocycles. The maximum atomic E-state index is 11.5. The van der Waals surface area contributed by atoms with Crippen molar-refractivity contribution in [1.29, 1.82) is 0 Å². The summed E-state index contributed by atoms with van der Waals surface area (Å²) in [4.78, 5) is 14.0. The molecule has 0 atom stereocenters. The van der Waals surface area contributed by atoms with E-state index in [-0.39, 0.29) is 5.91 Å². The van der Waals surface area contributed by atoms with Crippen LogP contribution in [0.15, 0.2) is 10.5 Å². The number of hydrogen-bond donors (Lipinski definition) is 2. The Kier molecular flexibility index (Phi) is 4.61. The number of furan rings is 1. The van der Waals surface area contributed by atoms with E-state index in [0.717, 1.165) is 18.8 Å². The van der Waals surface area contributed by atoms with Gasteiger partial charge >= 0.3 is 0 Å². The lowest BCUT2D eigenvalue weighted by Crippen LogP contribution is -2.30. The van der Waals surface area contributed by atoms with Gasteiger partial charge in [-0.25, -0.2) is 5.84 Å². The Morgan fingerprint density at radius 3 is 2.89 bits per heavy atom. The number of nitrogens with zero attached hydrogens (tertiary/aromatic N) is 1. The van der Waals surface area contributed by atoms with Crippen LogP contribution in [0.1, 0.15) is 54.5 Å². The lowest BCUT2D eigenvalue weighted by Gasteiger charge is -2.20. The first kappa shape index (κ1) is 14.1. The molecule has 3 N–H and O–H groups in total. The highest BCUT2D eigenvalue weighted by Gasteiger charge is 2.29. The van der Waals surface area contributed by atoms with Gasteiger partial charge in [-0.05, 0) is 38.8 Å². The number of nitrogen functional groups attached to an aromatic ring is 1. The Balaban J connectivity index is 2.02. The van der Waals surface area contributed by atoms with Gasteiger partial charge in [0, 0.05) is 6.04 Å². The topological polar surface area (TPSA) is 71.5 Å². The fraction of sp³-hybridized carbons (Fsp3) is 0.643. The zero-order valence-corrected chi connectivity index (χ0v) is 11.7. The molecule has 0 bridgehead atoms. The molecule has 1 aromatic heterocycles. The summed E-state index contributed by atoms with van der Waals surface area (Å²) < 4.78 is 5.67. The molecule has 0 aromatic carbocycles. The van der Waals surface area contributed by atoms with Crippen molar-refractivity contribution in [3.63, 3.8) is 0 Å². The second-order valence-electron chi connectivity index (χ2n) is 5.21. The molecular formula is C14H23N3O2. The Hall–Kier alpha value is -1.33. The SMILES string of the molecule is CCCCN(Cc1cc(C(=O)NN)c(C)o1)C1CC1. The zero-order chi connectivity index (χ0) is 13.8. The lowest BCUT2D eigenvalue weighted by atomic mass is 10.2. The molecule has 5 nitrogen and oxygen atoms in total. The molecule has 0 radical (unpaired) electrons. The molecule has 1 fully saturated rings. The summed E-state index contributed by atoms with van der Waals surface area (Å²) in [5.41, 5.74) is 2.68. The highest BCUT2D eigenvalue weighted by Crippen LogP contribution is 2.29. The average Bonchev–Trinajstić information content (AvgIpc) is 3.18. The van der Waals surface area contributed by atoms with Crippen molar-refractivity contribution in [2.24, 2.45) is 5.84 Å². The number of rotatable bonds is 7. The first-order valence-corrected chi connectivity index (χ1v) is 7.00. The molecule has 0 aliphatic heterocycles. The molecule has 0 unspecified atom stereocenters. The molecule has 106 valence electrons.